The maximum atomic E-state index is 9.40. The van der Waals surface area contributed by atoms with E-state index in [9.17, 15) is 5.11 Å². The van der Waals surface area contributed by atoms with E-state index in [4.69, 9.17) is 4.99 Å². The molecule has 28 heavy (non-hydrogen) atoms. The van der Waals surface area contributed by atoms with Crippen LogP contribution >= 0.6 is 24.0 Å². The summed E-state index contributed by atoms with van der Waals surface area (Å²) in [5, 5.41) is 17.5. The molecule has 158 valence electrons. The molecule has 0 bridgehead atoms. The second kappa shape index (κ2) is 12.3. The number of hydrogen-bond donors (Lipinski definition) is 4. The van der Waals surface area contributed by atoms with Crippen LogP contribution in [0.3, 0.4) is 0 Å². The molecule has 0 aliphatic carbocycles. The number of aryl methyl sites for hydroxylation is 1. The van der Waals surface area contributed by atoms with Gasteiger partial charge < -0.3 is 20.7 Å². The van der Waals surface area contributed by atoms with E-state index in [1.165, 1.54) is 22.0 Å². The number of nitrogens with one attached hydrogen (secondary N) is 3. The fraction of sp³-hybridized carbons (Fsp3) is 0.591. The van der Waals surface area contributed by atoms with Gasteiger partial charge in [-0.1, -0.05) is 26.0 Å². The number of aliphatic hydroxyl groups is 1. The number of H-pyrrole nitrogens is 1. The van der Waals surface area contributed by atoms with Gasteiger partial charge in [0.25, 0.3) is 0 Å². The normalized spacial score (nSPS) is 12.1. The van der Waals surface area contributed by atoms with Gasteiger partial charge in [-0.15, -0.1) is 24.0 Å². The van der Waals surface area contributed by atoms with E-state index in [1.54, 1.807) is 0 Å². The largest absolute Gasteiger partial charge is 0.396 e. The lowest BCUT2D eigenvalue weighted by atomic mass is 9.79. The SMILES string of the molecule is CCNC(=NCC(CC)(CC)CCO)NCCc1c[nH]c2cc(C)ccc12.I. The second-order valence-electron chi connectivity index (χ2n) is 7.42. The van der Waals surface area contributed by atoms with Crippen LogP contribution in [0.15, 0.2) is 29.4 Å². The van der Waals surface area contributed by atoms with Crippen molar-refractivity contribution in [2.24, 2.45) is 10.4 Å². The molecule has 1 aromatic heterocycles. The van der Waals surface area contributed by atoms with E-state index in [0.29, 0.717) is 0 Å². The van der Waals surface area contributed by atoms with Crippen molar-refractivity contribution in [2.45, 2.75) is 53.4 Å². The Hall–Kier alpha value is -1.28. The number of nitrogens with zero attached hydrogens (tertiary/aromatic N) is 1. The van der Waals surface area contributed by atoms with Crippen LogP contribution in [-0.4, -0.2) is 42.3 Å². The van der Waals surface area contributed by atoms with Crippen LogP contribution in [-0.2, 0) is 6.42 Å². The van der Waals surface area contributed by atoms with Gasteiger partial charge in [0, 0.05) is 43.3 Å². The van der Waals surface area contributed by atoms with E-state index in [0.717, 1.165) is 51.3 Å². The van der Waals surface area contributed by atoms with Crippen LogP contribution in [0, 0.1) is 12.3 Å². The lowest BCUT2D eigenvalue weighted by Gasteiger charge is -2.29. The average Bonchev–Trinajstić information content (AvgIpc) is 3.07. The maximum absolute atomic E-state index is 9.40. The lowest BCUT2D eigenvalue weighted by molar-refractivity contribution is 0.175. The standard InChI is InChI=1S/C22H36N4O.HI/c1-5-22(6-2,11-13-27)16-26-21(23-7-3)24-12-10-18-15-25-20-14-17(4)8-9-19(18)20;/h8-9,14-15,25,27H,5-7,10-13,16H2,1-4H3,(H2,23,24,26);1H. The highest BCUT2D eigenvalue weighted by atomic mass is 127. The van der Waals surface area contributed by atoms with Crippen LogP contribution in [0.4, 0.5) is 0 Å². The zero-order valence-electron chi connectivity index (χ0n) is 17.8. The van der Waals surface area contributed by atoms with E-state index < -0.39 is 0 Å². The smallest absolute Gasteiger partial charge is 0.191 e. The number of benzene rings is 1. The van der Waals surface area contributed by atoms with Crippen LogP contribution < -0.4 is 10.6 Å². The first kappa shape index (κ1) is 24.8. The number of aliphatic hydroxyl groups excluding tert-OH is 1. The monoisotopic (exact) mass is 500 g/mol. The quantitative estimate of drug-likeness (QED) is 0.222. The molecule has 0 unspecified atom stereocenters. The Labute approximate surface area is 186 Å². The van der Waals surface area contributed by atoms with Crippen LogP contribution in [0.1, 0.15) is 51.2 Å². The van der Waals surface area contributed by atoms with Crippen molar-refractivity contribution >= 4 is 40.8 Å². The zero-order valence-corrected chi connectivity index (χ0v) is 20.1. The molecule has 0 radical (unpaired) electrons. The van der Waals surface area contributed by atoms with Crippen molar-refractivity contribution in [1.29, 1.82) is 0 Å². The van der Waals surface area contributed by atoms with Crippen molar-refractivity contribution in [3.05, 3.63) is 35.5 Å². The minimum atomic E-state index is 0. The first-order chi connectivity index (χ1) is 13.1. The van der Waals surface area contributed by atoms with Crippen molar-refractivity contribution < 1.29 is 5.11 Å². The molecule has 0 aliphatic heterocycles. The highest BCUT2D eigenvalue weighted by Crippen LogP contribution is 2.30. The number of aromatic amines is 1. The van der Waals surface area contributed by atoms with E-state index in [1.807, 2.05) is 0 Å². The molecular weight excluding hydrogens is 463 g/mol. The van der Waals surface area contributed by atoms with Gasteiger partial charge in [-0.3, -0.25) is 4.99 Å². The van der Waals surface area contributed by atoms with Gasteiger partial charge in [-0.2, -0.15) is 0 Å². The topological polar surface area (TPSA) is 72.4 Å². The maximum Gasteiger partial charge on any atom is 0.191 e. The Morgan fingerprint density at radius 2 is 1.93 bits per heavy atom. The van der Waals surface area contributed by atoms with Gasteiger partial charge in [-0.25, -0.2) is 0 Å². The molecule has 0 atom stereocenters. The number of hydrogen-bond acceptors (Lipinski definition) is 2. The summed E-state index contributed by atoms with van der Waals surface area (Å²) in [5.41, 5.74) is 3.88. The predicted octanol–water partition coefficient (Wildman–Crippen LogP) is 4.38. The molecule has 2 rings (SSSR count). The van der Waals surface area contributed by atoms with Crippen molar-refractivity contribution in [3.8, 4) is 0 Å². The van der Waals surface area contributed by atoms with Crippen molar-refractivity contribution in [1.82, 2.24) is 15.6 Å². The van der Waals surface area contributed by atoms with Gasteiger partial charge in [0.1, 0.15) is 0 Å². The Balaban J connectivity index is 0.00000392. The molecule has 4 N–H and O–H groups in total. The highest BCUT2D eigenvalue weighted by molar-refractivity contribution is 14.0. The van der Waals surface area contributed by atoms with Crippen LogP contribution in [0.2, 0.25) is 0 Å². The third kappa shape index (κ3) is 6.65. The molecule has 0 aliphatic rings. The molecule has 6 heteroatoms. The first-order valence-electron chi connectivity index (χ1n) is 10.3. The third-order valence-corrected chi connectivity index (χ3v) is 5.67. The first-order valence-corrected chi connectivity index (χ1v) is 10.3. The fourth-order valence-electron chi connectivity index (χ4n) is 3.55. The lowest BCUT2D eigenvalue weighted by Crippen LogP contribution is -2.39. The Morgan fingerprint density at radius 3 is 2.57 bits per heavy atom. The number of halogens is 1. The van der Waals surface area contributed by atoms with Gasteiger partial charge in [-0.05, 0) is 62.1 Å². The van der Waals surface area contributed by atoms with Crippen LogP contribution in [0.5, 0.6) is 0 Å². The number of fused-ring (bicyclic) bond motifs is 1. The van der Waals surface area contributed by atoms with E-state index in [2.05, 4.69) is 67.7 Å². The summed E-state index contributed by atoms with van der Waals surface area (Å²) in [6.45, 7) is 11.2. The zero-order chi connectivity index (χ0) is 19.7. The molecule has 1 heterocycles. The summed E-state index contributed by atoms with van der Waals surface area (Å²) < 4.78 is 0. The molecule has 0 saturated carbocycles. The molecule has 5 nitrogen and oxygen atoms in total. The predicted molar refractivity (Wildman–Crippen MR) is 131 cm³/mol. The van der Waals surface area contributed by atoms with Gasteiger partial charge in [0.2, 0.25) is 0 Å². The van der Waals surface area contributed by atoms with Crippen molar-refractivity contribution in [3.63, 3.8) is 0 Å². The fourth-order valence-corrected chi connectivity index (χ4v) is 3.55. The summed E-state index contributed by atoms with van der Waals surface area (Å²) >= 11 is 0. The number of aliphatic imine (C=N–C) groups is 1. The summed E-state index contributed by atoms with van der Waals surface area (Å²) in [6, 6.07) is 6.55. The van der Waals surface area contributed by atoms with Crippen LogP contribution in [0.25, 0.3) is 10.9 Å². The number of guanidine groups is 1. The minimum absolute atomic E-state index is 0. The van der Waals surface area contributed by atoms with Gasteiger partial charge in [0.15, 0.2) is 5.96 Å². The molecule has 0 spiro atoms. The average molecular weight is 500 g/mol. The van der Waals surface area contributed by atoms with Gasteiger partial charge in [0.05, 0.1) is 0 Å². The third-order valence-electron chi connectivity index (χ3n) is 5.67. The molecule has 2 aromatic rings. The Morgan fingerprint density at radius 1 is 1.18 bits per heavy atom. The molecule has 0 saturated heterocycles. The number of rotatable bonds is 10. The summed E-state index contributed by atoms with van der Waals surface area (Å²) in [5.74, 6) is 0.859. The summed E-state index contributed by atoms with van der Waals surface area (Å²) in [4.78, 5) is 8.18. The minimum Gasteiger partial charge on any atom is -0.396 e. The Kier molecular flexibility index (Phi) is 10.9. The summed E-state index contributed by atoms with van der Waals surface area (Å²) in [7, 11) is 0. The van der Waals surface area contributed by atoms with E-state index >= 15 is 0 Å². The molecule has 0 fully saturated rings. The van der Waals surface area contributed by atoms with Gasteiger partial charge >= 0.3 is 0 Å². The molecular formula is C22H37IN4O. The van der Waals surface area contributed by atoms with E-state index in [-0.39, 0.29) is 36.0 Å². The highest BCUT2D eigenvalue weighted by Gasteiger charge is 2.25. The molecule has 0 amide bonds. The summed E-state index contributed by atoms with van der Waals surface area (Å²) in [6.07, 6.45) is 5.91. The molecule has 1 aromatic carbocycles. The Bertz CT molecular complexity index is 737. The second-order valence-corrected chi connectivity index (χ2v) is 7.42. The number of aromatic nitrogens is 1. The van der Waals surface area contributed by atoms with Crippen molar-refractivity contribution in [2.75, 3.05) is 26.2 Å².